The predicted octanol–water partition coefficient (Wildman–Crippen LogP) is 3.17. The van der Waals surface area contributed by atoms with Crippen molar-refractivity contribution in [3.8, 4) is 0 Å². The number of rotatable bonds is 6. The number of hydrogen-bond donors (Lipinski definition) is 2. The Balaban J connectivity index is 1.75. The van der Waals surface area contributed by atoms with Gasteiger partial charge in [0, 0.05) is 24.9 Å². The summed E-state index contributed by atoms with van der Waals surface area (Å²) in [5.41, 5.74) is 2.39. The molecule has 118 valence electrons. The second kappa shape index (κ2) is 8.54. The largest absolute Gasteiger partial charge is 0.356 e. The van der Waals surface area contributed by atoms with Crippen molar-refractivity contribution in [1.82, 2.24) is 15.6 Å². The second-order valence-corrected chi connectivity index (χ2v) is 6.31. The average Bonchev–Trinajstić information content (AvgIpc) is 3.01. The van der Waals surface area contributed by atoms with Gasteiger partial charge in [-0.05, 0) is 12.0 Å². The highest BCUT2D eigenvalue weighted by Crippen LogP contribution is 2.18. The molecule has 2 aromatic rings. The van der Waals surface area contributed by atoms with Crippen LogP contribution in [0.5, 0.6) is 0 Å². The number of aliphatic imine (C=N–C) groups is 1. The highest BCUT2D eigenvalue weighted by molar-refractivity contribution is 7.09. The Morgan fingerprint density at radius 1 is 1.23 bits per heavy atom. The standard InChI is InChI=1S/C17H24N4S/c1-13(2)16-21-15(12-22-16)11-20-17(18-3)19-10-9-14-7-5-4-6-8-14/h4-8,12-13H,9-11H2,1-3H3,(H2,18,19,20). The van der Waals surface area contributed by atoms with Crippen molar-refractivity contribution in [3.05, 3.63) is 52.0 Å². The summed E-state index contributed by atoms with van der Waals surface area (Å²) in [4.78, 5) is 8.86. The minimum Gasteiger partial charge on any atom is -0.356 e. The molecule has 0 spiro atoms. The number of thiazole rings is 1. The molecule has 1 aromatic carbocycles. The van der Waals surface area contributed by atoms with Crippen molar-refractivity contribution in [2.24, 2.45) is 4.99 Å². The topological polar surface area (TPSA) is 49.3 Å². The molecule has 0 amide bonds. The smallest absolute Gasteiger partial charge is 0.191 e. The van der Waals surface area contributed by atoms with Crippen LogP contribution in [0.3, 0.4) is 0 Å². The monoisotopic (exact) mass is 316 g/mol. The number of guanidine groups is 1. The van der Waals surface area contributed by atoms with Gasteiger partial charge in [-0.15, -0.1) is 11.3 Å². The van der Waals surface area contributed by atoms with Crippen LogP contribution < -0.4 is 10.6 Å². The van der Waals surface area contributed by atoms with Crippen molar-refractivity contribution >= 4 is 17.3 Å². The van der Waals surface area contributed by atoms with Crippen LogP contribution in [0.4, 0.5) is 0 Å². The molecule has 22 heavy (non-hydrogen) atoms. The van der Waals surface area contributed by atoms with Gasteiger partial charge in [0.2, 0.25) is 0 Å². The Labute approximate surface area is 136 Å². The summed E-state index contributed by atoms with van der Waals surface area (Å²) in [7, 11) is 1.79. The Hall–Kier alpha value is -1.88. The molecule has 4 nitrogen and oxygen atoms in total. The maximum absolute atomic E-state index is 4.62. The van der Waals surface area contributed by atoms with E-state index in [9.17, 15) is 0 Å². The number of nitrogens with zero attached hydrogens (tertiary/aromatic N) is 2. The van der Waals surface area contributed by atoms with Crippen LogP contribution in [0, 0.1) is 0 Å². The van der Waals surface area contributed by atoms with Crippen LogP contribution in [0.1, 0.15) is 36.0 Å². The Morgan fingerprint density at radius 3 is 2.64 bits per heavy atom. The molecule has 0 bridgehead atoms. The van der Waals surface area contributed by atoms with E-state index < -0.39 is 0 Å². The molecule has 0 radical (unpaired) electrons. The molecular formula is C17H24N4S. The molecule has 1 aromatic heterocycles. The van der Waals surface area contributed by atoms with Gasteiger partial charge in [-0.25, -0.2) is 4.98 Å². The zero-order valence-corrected chi connectivity index (χ0v) is 14.3. The highest BCUT2D eigenvalue weighted by Gasteiger charge is 2.06. The van der Waals surface area contributed by atoms with E-state index >= 15 is 0 Å². The number of aromatic nitrogens is 1. The van der Waals surface area contributed by atoms with Gasteiger partial charge in [-0.3, -0.25) is 4.99 Å². The lowest BCUT2D eigenvalue weighted by Gasteiger charge is -2.11. The molecule has 2 rings (SSSR count). The Kier molecular flexibility index (Phi) is 6.40. The zero-order valence-electron chi connectivity index (χ0n) is 13.5. The zero-order chi connectivity index (χ0) is 15.8. The molecular weight excluding hydrogens is 292 g/mol. The fourth-order valence-electron chi connectivity index (χ4n) is 2.03. The summed E-state index contributed by atoms with van der Waals surface area (Å²) in [6, 6.07) is 10.5. The van der Waals surface area contributed by atoms with E-state index in [-0.39, 0.29) is 0 Å². The molecule has 0 saturated heterocycles. The fourth-order valence-corrected chi connectivity index (χ4v) is 2.87. The summed E-state index contributed by atoms with van der Waals surface area (Å²) >= 11 is 1.72. The van der Waals surface area contributed by atoms with Gasteiger partial charge in [0.1, 0.15) is 0 Å². The first-order chi connectivity index (χ1) is 10.7. The third kappa shape index (κ3) is 5.15. The van der Waals surface area contributed by atoms with E-state index in [4.69, 9.17) is 0 Å². The van der Waals surface area contributed by atoms with Crippen molar-refractivity contribution in [2.45, 2.75) is 32.7 Å². The highest BCUT2D eigenvalue weighted by atomic mass is 32.1. The summed E-state index contributed by atoms with van der Waals surface area (Å²) in [6.45, 7) is 5.90. The van der Waals surface area contributed by atoms with Crippen LogP contribution >= 0.6 is 11.3 Å². The minimum absolute atomic E-state index is 0.488. The first-order valence-corrected chi connectivity index (χ1v) is 8.49. The van der Waals surface area contributed by atoms with Crippen LogP contribution in [-0.4, -0.2) is 24.5 Å². The van der Waals surface area contributed by atoms with Crippen molar-refractivity contribution in [3.63, 3.8) is 0 Å². The molecule has 0 aliphatic carbocycles. The van der Waals surface area contributed by atoms with Gasteiger partial charge in [-0.2, -0.15) is 0 Å². The fraction of sp³-hybridized carbons (Fsp3) is 0.412. The first-order valence-electron chi connectivity index (χ1n) is 7.61. The molecule has 0 aliphatic rings. The lowest BCUT2D eigenvalue weighted by molar-refractivity contribution is 0.776. The quantitative estimate of drug-likeness (QED) is 0.636. The molecule has 1 heterocycles. The molecule has 0 unspecified atom stereocenters. The van der Waals surface area contributed by atoms with Crippen LogP contribution in [0.2, 0.25) is 0 Å². The summed E-state index contributed by atoms with van der Waals surface area (Å²) in [6.07, 6.45) is 0.982. The van der Waals surface area contributed by atoms with Crippen LogP contribution in [0.15, 0.2) is 40.7 Å². The van der Waals surface area contributed by atoms with Gasteiger partial charge >= 0.3 is 0 Å². The molecule has 0 fully saturated rings. The third-order valence-corrected chi connectivity index (χ3v) is 4.47. The Bertz CT molecular complexity index is 590. The summed E-state index contributed by atoms with van der Waals surface area (Å²) in [5, 5.41) is 9.93. The van der Waals surface area contributed by atoms with E-state index in [1.54, 1.807) is 18.4 Å². The predicted molar refractivity (Wildman–Crippen MR) is 94.6 cm³/mol. The van der Waals surface area contributed by atoms with E-state index in [2.05, 4.69) is 64.1 Å². The van der Waals surface area contributed by atoms with E-state index in [0.29, 0.717) is 12.5 Å². The summed E-state index contributed by atoms with van der Waals surface area (Å²) < 4.78 is 0. The molecule has 0 aliphatic heterocycles. The third-order valence-electron chi connectivity index (χ3n) is 3.27. The second-order valence-electron chi connectivity index (χ2n) is 5.42. The normalized spacial score (nSPS) is 11.7. The Morgan fingerprint density at radius 2 is 2.00 bits per heavy atom. The van der Waals surface area contributed by atoms with Gasteiger partial charge < -0.3 is 10.6 Å². The molecule has 2 N–H and O–H groups in total. The van der Waals surface area contributed by atoms with E-state index in [1.807, 2.05) is 6.07 Å². The average molecular weight is 316 g/mol. The molecule has 0 saturated carbocycles. The maximum atomic E-state index is 4.62. The van der Waals surface area contributed by atoms with Gasteiger partial charge in [0.25, 0.3) is 0 Å². The van der Waals surface area contributed by atoms with Gasteiger partial charge in [0.05, 0.1) is 17.2 Å². The first kappa shape index (κ1) is 16.5. The van der Waals surface area contributed by atoms with Crippen LogP contribution in [-0.2, 0) is 13.0 Å². The van der Waals surface area contributed by atoms with Gasteiger partial charge in [-0.1, -0.05) is 44.2 Å². The maximum Gasteiger partial charge on any atom is 0.191 e. The molecule has 0 atom stereocenters. The van der Waals surface area contributed by atoms with E-state index in [0.717, 1.165) is 24.6 Å². The minimum atomic E-state index is 0.488. The number of nitrogens with one attached hydrogen (secondary N) is 2. The molecule has 5 heteroatoms. The summed E-state index contributed by atoms with van der Waals surface area (Å²) in [5.74, 6) is 1.30. The van der Waals surface area contributed by atoms with Gasteiger partial charge in [0.15, 0.2) is 5.96 Å². The van der Waals surface area contributed by atoms with Crippen molar-refractivity contribution in [2.75, 3.05) is 13.6 Å². The van der Waals surface area contributed by atoms with Crippen molar-refractivity contribution < 1.29 is 0 Å². The van der Waals surface area contributed by atoms with Crippen LogP contribution in [0.25, 0.3) is 0 Å². The number of hydrogen-bond acceptors (Lipinski definition) is 3. The SMILES string of the molecule is CN=C(NCCc1ccccc1)NCc1csc(C(C)C)n1. The lowest BCUT2D eigenvalue weighted by atomic mass is 10.1. The lowest BCUT2D eigenvalue weighted by Crippen LogP contribution is -2.37. The van der Waals surface area contributed by atoms with E-state index in [1.165, 1.54) is 10.6 Å². The van der Waals surface area contributed by atoms with Crippen molar-refractivity contribution in [1.29, 1.82) is 0 Å². The number of benzene rings is 1.